The first-order valence-corrected chi connectivity index (χ1v) is 5.47. The Hall–Kier alpha value is -0.610. The summed E-state index contributed by atoms with van der Waals surface area (Å²) in [5.74, 6) is -0.164. The van der Waals surface area contributed by atoms with E-state index in [1.165, 1.54) is 6.07 Å². The fourth-order valence-corrected chi connectivity index (χ4v) is 1.96. The van der Waals surface area contributed by atoms with E-state index >= 15 is 0 Å². The number of halogens is 2. The van der Waals surface area contributed by atoms with E-state index in [2.05, 4.69) is 21.2 Å². The number of nitrogens with zero attached hydrogens (tertiary/aromatic N) is 1. The average molecular weight is 259 g/mol. The van der Waals surface area contributed by atoms with Gasteiger partial charge in [-0.1, -0.05) is 15.9 Å². The predicted octanol–water partition coefficient (Wildman–Crippen LogP) is 2.35. The Balaban J connectivity index is 2.22. The second-order valence-corrected chi connectivity index (χ2v) is 4.29. The molecule has 0 unspecified atom stereocenters. The first kappa shape index (κ1) is 9.93. The molecular formula is C10H12BrFN2. The highest BCUT2D eigenvalue weighted by Crippen LogP contribution is 2.23. The maximum atomic E-state index is 13.5. The molecule has 14 heavy (non-hydrogen) atoms. The minimum Gasteiger partial charge on any atom is -0.356 e. The molecule has 0 amide bonds. The van der Waals surface area contributed by atoms with Crippen molar-refractivity contribution < 1.29 is 4.39 Å². The molecule has 1 aliphatic heterocycles. The SMILES string of the molecule is Fc1cc(Br)ccc1N1CCCNC1. The van der Waals surface area contributed by atoms with Crippen LogP contribution in [-0.4, -0.2) is 19.8 Å². The minimum atomic E-state index is -0.164. The van der Waals surface area contributed by atoms with Gasteiger partial charge < -0.3 is 4.90 Å². The van der Waals surface area contributed by atoms with Crippen LogP contribution in [0.1, 0.15) is 6.42 Å². The van der Waals surface area contributed by atoms with Gasteiger partial charge in [0, 0.05) is 11.0 Å². The molecule has 0 aliphatic carbocycles. The Labute approximate surface area is 91.2 Å². The highest BCUT2D eigenvalue weighted by atomic mass is 79.9. The van der Waals surface area contributed by atoms with E-state index in [-0.39, 0.29) is 5.82 Å². The lowest BCUT2D eigenvalue weighted by atomic mass is 10.2. The van der Waals surface area contributed by atoms with Crippen LogP contribution in [0.4, 0.5) is 10.1 Å². The summed E-state index contributed by atoms with van der Waals surface area (Å²) in [7, 11) is 0. The smallest absolute Gasteiger partial charge is 0.147 e. The standard InChI is InChI=1S/C10H12BrFN2/c11-8-2-3-10(9(12)6-8)14-5-1-4-13-7-14/h2-3,6,13H,1,4-5,7H2. The van der Waals surface area contributed by atoms with E-state index in [9.17, 15) is 4.39 Å². The molecular weight excluding hydrogens is 247 g/mol. The summed E-state index contributed by atoms with van der Waals surface area (Å²) in [5, 5.41) is 3.22. The largest absolute Gasteiger partial charge is 0.356 e. The van der Waals surface area contributed by atoms with Gasteiger partial charge in [0.25, 0.3) is 0 Å². The normalized spacial score (nSPS) is 17.1. The number of hydrogen-bond acceptors (Lipinski definition) is 2. The number of hydrogen-bond donors (Lipinski definition) is 1. The molecule has 1 fully saturated rings. The molecule has 76 valence electrons. The first-order chi connectivity index (χ1) is 6.77. The molecule has 2 nitrogen and oxygen atoms in total. The van der Waals surface area contributed by atoms with Crippen molar-refractivity contribution in [2.24, 2.45) is 0 Å². The van der Waals surface area contributed by atoms with Gasteiger partial charge in [0.2, 0.25) is 0 Å². The van der Waals surface area contributed by atoms with Gasteiger partial charge in [-0.05, 0) is 31.2 Å². The van der Waals surface area contributed by atoms with E-state index in [1.54, 1.807) is 0 Å². The summed E-state index contributed by atoms with van der Waals surface area (Å²) in [6, 6.07) is 5.18. The summed E-state index contributed by atoms with van der Waals surface area (Å²) < 4.78 is 14.3. The van der Waals surface area contributed by atoms with Crippen LogP contribution >= 0.6 is 15.9 Å². The number of benzene rings is 1. The van der Waals surface area contributed by atoms with Crippen LogP contribution < -0.4 is 10.2 Å². The Morgan fingerprint density at radius 2 is 2.29 bits per heavy atom. The van der Waals surface area contributed by atoms with Crippen LogP contribution in [-0.2, 0) is 0 Å². The molecule has 1 aromatic carbocycles. The van der Waals surface area contributed by atoms with Gasteiger partial charge in [0.05, 0.1) is 12.4 Å². The van der Waals surface area contributed by atoms with Crippen LogP contribution in [0.25, 0.3) is 0 Å². The van der Waals surface area contributed by atoms with Crippen molar-refractivity contribution in [1.29, 1.82) is 0 Å². The van der Waals surface area contributed by atoms with Crippen LogP contribution in [0.15, 0.2) is 22.7 Å². The molecule has 0 saturated carbocycles. The third-order valence-electron chi connectivity index (χ3n) is 2.33. The van der Waals surface area contributed by atoms with E-state index in [0.717, 1.165) is 30.7 Å². The van der Waals surface area contributed by atoms with Crippen molar-refractivity contribution in [3.63, 3.8) is 0 Å². The Bertz CT molecular complexity index is 324. The summed E-state index contributed by atoms with van der Waals surface area (Å²) in [5.41, 5.74) is 0.681. The van der Waals surface area contributed by atoms with Crippen molar-refractivity contribution >= 4 is 21.6 Å². The second kappa shape index (κ2) is 4.28. The summed E-state index contributed by atoms with van der Waals surface area (Å²) in [4.78, 5) is 2.02. The van der Waals surface area contributed by atoms with Crippen molar-refractivity contribution in [1.82, 2.24) is 5.32 Å². The Kier molecular flexibility index (Phi) is 3.03. The highest BCUT2D eigenvalue weighted by molar-refractivity contribution is 9.10. The molecule has 0 spiro atoms. The quantitative estimate of drug-likeness (QED) is 0.832. The zero-order chi connectivity index (χ0) is 9.97. The van der Waals surface area contributed by atoms with Gasteiger partial charge in [0.1, 0.15) is 5.82 Å². The maximum Gasteiger partial charge on any atom is 0.147 e. The average Bonchev–Trinajstić information content (AvgIpc) is 2.19. The third-order valence-corrected chi connectivity index (χ3v) is 2.83. The summed E-state index contributed by atoms with van der Waals surface area (Å²) in [6.45, 7) is 2.68. The van der Waals surface area contributed by atoms with E-state index in [4.69, 9.17) is 0 Å². The number of rotatable bonds is 1. The zero-order valence-electron chi connectivity index (χ0n) is 7.76. The van der Waals surface area contributed by atoms with Crippen LogP contribution in [0, 0.1) is 5.82 Å². The predicted molar refractivity (Wildman–Crippen MR) is 58.9 cm³/mol. The van der Waals surface area contributed by atoms with Crippen molar-refractivity contribution in [3.05, 3.63) is 28.5 Å². The first-order valence-electron chi connectivity index (χ1n) is 4.68. The number of nitrogens with one attached hydrogen (secondary N) is 1. The van der Waals surface area contributed by atoms with Crippen molar-refractivity contribution in [2.45, 2.75) is 6.42 Å². The fourth-order valence-electron chi connectivity index (χ4n) is 1.63. The van der Waals surface area contributed by atoms with Crippen LogP contribution in [0.5, 0.6) is 0 Å². The van der Waals surface area contributed by atoms with E-state index < -0.39 is 0 Å². The highest BCUT2D eigenvalue weighted by Gasteiger charge is 2.13. The van der Waals surface area contributed by atoms with Gasteiger partial charge in [-0.3, -0.25) is 5.32 Å². The van der Waals surface area contributed by atoms with Gasteiger partial charge >= 0.3 is 0 Å². The summed E-state index contributed by atoms with van der Waals surface area (Å²) in [6.07, 6.45) is 1.06. The van der Waals surface area contributed by atoms with Gasteiger partial charge in [-0.25, -0.2) is 4.39 Å². The molecule has 4 heteroatoms. The van der Waals surface area contributed by atoms with Gasteiger partial charge in [-0.15, -0.1) is 0 Å². The lowest BCUT2D eigenvalue weighted by Crippen LogP contribution is -2.41. The zero-order valence-corrected chi connectivity index (χ0v) is 9.35. The topological polar surface area (TPSA) is 15.3 Å². The fraction of sp³-hybridized carbons (Fsp3) is 0.400. The van der Waals surface area contributed by atoms with E-state index in [1.807, 2.05) is 17.0 Å². The molecule has 0 bridgehead atoms. The molecule has 0 radical (unpaired) electrons. The van der Waals surface area contributed by atoms with E-state index in [0.29, 0.717) is 5.69 Å². The summed E-state index contributed by atoms with van der Waals surface area (Å²) >= 11 is 3.25. The molecule has 1 heterocycles. The van der Waals surface area contributed by atoms with Crippen LogP contribution in [0.3, 0.4) is 0 Å². The lowest BCUT2D eigenvalue weighted by molar-refractivity contribution is 0.537. The molecule has 1 aliphatic rings. The molecule has 0 atom stereocenters. The van der Waals surface area contributed by atoms with Crippen LogP contribution in [0.2, 0.25) is 0 Å². The Morgan fingerprint density at radius 3 is 2.93 bits per heavy atom. The molecule has 1 saturated heterocycles. The monoisotopic (exact) mass is 258 g/mol. The lowest BCUT2D eigenvalue weighted by Gasteiger charge is -2.29. The van der Waals surface area contributed by atoms with Gasteiger partial charge in [-0.2, -0.15) is 0 Å². The van der Waals surface area contributed by atoms with Gasteiger partial charge in [0.15, 0.2) is 0 Å². The molecule has 1 aromatic rings. The molecule has 0 aromatic heterocycles. The maximum absolute atomic E-state index is 13.5. The minimum absolute atomic E-state index is 0.164. The molecule has 2 rings (SSSR count). The second-order valence-electron chi connectivity index (χ2n) is 3.37. The van der Waals surface area contributed by atoms with Crippen molar-refractivity contribution in [2.75, 3.05) is 24.7 Å². The molecule has 1 N–H and O–H groups in total. The third kappa shape index (κ3) is 2.07. The number of anilines is 1. The Morgan fingerprint density at radius 1 is 1.43 bits per heavy atom. The van der Waals surface area contributed by atoms with Crippen molar-refractivity contribution in [3.8, 4) is 0 Å².